The van der Waals surface area contributed by atoms with E-state index in [1.165, 1.54) is 37.9 Å². The van der Waals surface area contributed by atoms with E-state index < -0.39 is 0 Å². The second kappa shape index (κ2) is 5.63. The minimum absolute atomic E-state index is 0.618. The SMILES string of the molecule is Cc1cc([C@H]2CCCCN2CC(C)C)ccn1. The fourth-order valence-corrected chi connectivity index (χ4v) is 2.83. The number of rotatable bonds is 3. The van der Waals surface area contributed by atoms with Crippen LogP contribution in [0.25, 0.3) is 0 Å². The molecule has 94 valence electrons. The highest BCUT2D eigenvalue weighted by atomic mass is 15.2. The van der Waals surface area contributed by atoms with Gasteiger partial charge in [-0.3, -0.25) is 9.88 Å². The lowest BCUT2D eigenvalue weighted by Gasteiger charge is -2.37. The summed E-state index contributed by atoms with van der Waals surface area (Å²) in [6, 6.07) is 5.06. The van der Waals surface area contributed by atoms with Gasteiger partial charge < -0.3 is 0 Å². The normalized spacial score (nSPS) is 22.0. The van der Waals surface area contributed by atoms with Crippen molar-refractivity contribution in [3.8, 4) is 0 Å². The van der Waals surface area contributed by atoms with Crippen molar-refractivity contribution in [1.29, 1.82) is 0 Å². The van der Waals surface area contributed by atoms with Crippen molar-refractivity contribution in [3.05, 3.63) is 29.6 Å². The van der Waals surface area contributed by atoms with Gasteiger partial charge in [0.25, 0.3) is 0 Å². The maximum Gasteiger partial charge on any atom is 0.0375 e. The summed E-state index contributed by atoms with van der Waals surface area (Å²) in [7, 11) is 0. The Balaban J connectivity index is 2.15. The summed E-state index contributed by atoms with van der Waals surface area (Å²) in [6.07, 6.45) is 5.97. The van der Waals surface area contributed by atoms with Gasteiger partial charge in [0, 0.05) is 24.5 Å². The monoisotopic (exact) mass is 232 g/mol. The molecule has 17 heavy (non-hydrogen) atoms. The van der Waals surface area contributed by atoms with Crippen molar-refractivity contribution >= 4 is 0 Å². The molecule has 1 saturated heterocycles. The lowest BCUT2D eigenvalue weighted by molar-refractivity contribution is 0.132. The number of piperidine rings is 1. The van der Waals surface area contributed by atoms with Gasteiger partial charge in [-0.1, -0.05) is 20.3 Å². The van der Waals surface area contributed by atoms with Crippen molar-refractivity contribution in [1.82, 2.24) is 9.88 Å². The van der Waals surface area contributed by atoms with Gasteiger partial charge in [0.2, 0.25) is 0 Å². The second-order valence-electron chi connectivity index (χ2n) is 5.63. The van der Waals surface area contributed by atoms with Crippen LogP contribution in [-0.2, 0) is 0 Å². The molecule has 1 atom stereocenters. The largest absolute Gasteiger partial charge is 0.296 e. The molecule has 2 rings (SSSR count). The molecule has 1 aliphatic heterocycles. The first-order valence-electron chi connectivity index (χ1n) is 6.83. The third-order valence-electron chi connectivity index (χ3n) is 3.52. The van der Waals surface area contributed by atoms with Crippen molar-refractivity contribution < 1.29 is 0 Å². The summed E-state index contributed by atoms with van der Waals surface area (Å²) in [4.78, 5) is 6.96. The van der Waals surface area contributed by atoms with Gasteiger partial charge in [-0.15, -0.1) is 0 Å². The first kappa shape index (κ1) is 12.6. The van der Waals surface area contributed by atoms with E-state index in [0.29, 0.717) is 6.04 Å². The molecule has 0 spiro atoms. The molecule has 1 fully saturated rings. The number of aromatic nitrogens is 1. The number of nitrogens with zero attached hydrogens (tertiary/aromatic N) is 2. The highest BCUT2D eigenvalue weighted by Gasteiger charge is 2.24. The first-order chi connectivity index (χ1) is 8.16. The summed E-state index contributed by atoms with van der Waals surface area (Å²) in [6.45, 7) is 9.17. The van der Waals surface area contributed by atoms with Crippen LogP contribution < -0.4 is 0 Å². The Kier molecular flexibility index (Phi) is 4.16. The molecule has 0 aliphatic carbocycles. The second-order valence-corrected chi connectivity index (χ2v) is 5.63. The highest BCUT2D eigenvalue weighted by molar-refractivity contribution is 5.20. The van der Waals surface area contributed by atoms with Crippen molar-refractivity contribution in [3.63, 3.8) is 0 Å². The van der Waals surface area contributed by atoms with Gasteiger partial charge in [-0.2, -0.15) is 0 Å². The van der Waals surface area contributed by atoms with Gasteiger partial charge in [0.1, 0.15) is 0 Å². The van der Waals surface area contributed by atoms with Crippen LogP contribution in [0, 0.1) is 12.8 Å². The van der Waals surface area contributed by atoms with Crippen LogP contribution in [0.5, 0.6) is 0 Å². The third-order valence-corrected chi connectivity index (χ3v) is 3.52. The van der Waals surface area contributed by atoms with Gasteiger partial charge in [-0.05, 0) is 49.9 Å². The zero-order chi connectivity index (χ0) is 12.3. The van der Waals surface area contributed by atoms with E-state index in [-0.39, 0.29) is 0 Å². The average Bonchev–Trinajstić information content (AvgIpc) is 2.29. The van der Waals surface area contributed by atoms with Crippen molar-refractivity contribution in [2.24, 2.45) is 5.92 Å². The Morgan fingerprint density at radius 3 is 2.94 bits per heavy atom. The van der Waals surface area contributed by atoms with Crippen molar-refractivity contribution in [2.75, 3.05) is 13.1 Å². The third kappa shape index (κ3) is 3.29. The van der Waals surface area contributed by atoms with Crippen LogP contribution in [0.3, 0.4) is 0 Å². The number of hydrogen-bond acceptors (Lipinski definition) is 2. The van der Waals surface area contributed by atoms with Crippen LogP contribution in [0.2, 0.25) is 0 Å². The van der Waals surface area contributed by atoms with Crippen LogP contribution in [0.4, 0.5) is 0 Å². The maximum atomic E-state index is 4.30. The molecule has 0 unspecified atom stereocenters. The lowest BCUT2D eigenvalue weighted by atomic mass is 9.94. The van der Waals surface area contributed by atoms with E-state index in [2.05, 4.69) is 42.8 Å². The van der Waals surface area contributed by atoms with Crippen LogP contribution in [-0.4, -0.2) is 23.0 Å². The lowest BCUT2D eigenvalue weighted by Crippen LogP contribution is -2.36. The topological polar surface area (TPSA) is 16.1 Å². The van der Waals surface area contributed by atoms with E-state index in [1.54, 1.807) is 0 Å². The van der Waals surface area contributed by atoms with Crippen molar-refractivity contribution in [2.45, 2.75) is 46.1 Å². The van der Waals surface area contributed by atoms with E-state index in [0.717, 1.165) is 11.6 Å². The molecule has 0 N–H and O–H groups in total. The summed E-state index contributed by atoms with van der Waals surface area (Å²) < 4.78 is 0. The Hall–Kier alpha value is -0.890. The molecule has 0 amide bonds. The summed E-state index contributed by atoms with van der Waals surface area (Å²) in [5.41, 5.74) is 2.59. The predicted molar refractivity (Wildman–Crippen MR) is 72.0 cm³/mol. The molecule has 0 aromatic carbocycles. The molecule has 0 bridgehead atoms. The van der Waals surface area contributed by atoms with Crippen LogP contribution >= 0.6 is 0 Å². The van der Waals surface area contributed by atoms with E-state index in [4.69, 9.17) is 0 Å². The van der Waals surface area contributed by atoms with E-state index in [1.807, 2.05) is 6.20 Å². The van der Waals surface area contributed by atoms with E-state index in [9.17, 15) is 0 Å². The quantitative estimate of drug-likeness (QED) is 0.792. The van der Waals surface area contributed by atoms with Gasteiger partial charge >= 0.3 is 0 Å². The number of likely N-dealkylation sites (tertiary alicyclic amines) is 1. The Morgan fingerprint density at radius 1 is 1.41 bits per heavy atom. The molecule has 2 heteroatoms. The molecule has 1 aromatic rings. The Bertz CT molecular complexity index is 360. The van der Waals surface area contributed by atoms with Gasteiger partial charge in [0.15, 0.2) is 0 Å². The Labute approximate surface area is 105 Å². The van der Waals surface area contributed by atoms with Crippen LogP contribution in [0.15, 0.2) is 18.3 Å². The van der Waals surface area contributed by atoms with Gasteiger partial charge in [-0.25, -0.2) is 0 Å². The van der Waals surface area contributed by atoms with Gasteiger partial charge in [0.05, 0.1) is 0 Å². The maximum absolute atomic E-state index is 4.30. The van der Waals surface area contributed by atoms with E-state index >= 15 is 0 Å². The molecule has 1 aliphatic rings. The minimum Gasteiger partial charge on any atom is -0.296 e. The fourth-order valence-electron chi connectivity index (χ4n) is 2.83. The molecule has 0 saturated carbocycles. The molecular weight excluding hydrogens is 208 g/mol. The predicted octanol–water partition coefficient (Wildman–Crippen LogP) is 3.57. The molecule has 0 radical (unpaired) electrons. The fraction of sp³-hybridized carbons (Fsp3) is 0.667. The molecule has 1 aromatic heterocycles. The smallest absolute Gasteiger partial charge is 0.0375 e. The summed E-state index contributed by atoms with van der Waals surface area (Å²) in [5.74, 6) is 0.749. The number of aryl methyl sites for hydroxylation is 1. The molecule has 2 heterocycles. The minimum atomic E-state index is 0.618. The molecule has 2 nitrogen and oxygen atoms in total. The zero-order valence-electron chi connectivity index (χ0n) is 11.3. The highest BCUT2D eigenvalue weighted by Crippen LogP contribution is 2.31. The summed E-state index contributed by atoms with van der Waals surface area (Å²) in [5, 5.41) is 0. The molecular formula is C15H24N2. The first-order valence-corrected chi connectivity index (χ1v) is 6.83. The zero-order valence-corrected chi connectivity index (χ0v) is 11.3. The summed E-state index contributed by atoms with van der Waals surface area (Å²) >= 11 is 0. The number of hydrogen-bond donors (Lipinski definition) is 0. The van der Waals surface area contributed by atoms with Crippen LogP contribution in [0.1, 0.15) is 50.4 Å². The Morgan fingerprint density at radius 2 is 2.24 bits per heavy atom. The standard InChI is InChI=1S/C15H24N2/c1-12(2)11-17-9-5-4-6-15(17)14-7-8-16-13(3)10-14/h7-8,10,12,15H,4-6,9,11H2,1-3H3/t15-/m1/s1. The number of pyridine rings is 1. The average molecular weight is 232 g/mol.